The lowest BCUT2D eigenvalue weighted by atomic mass is 10.2. The first kappa shape index (κ1) is 18.5. The Morgan fingerprint density at radius 2 is 1.78 bits per heavy atom. The molecular formula is C21H14INO2S2. The minimum atomic E-state index is -0.0823. The molecule has 3 aromatic rings. The van der Waals surface area contributed by atoms with Crippen LogP contribution < -0.4 is 0 Å². The maximum absolute atomic E-state index is 12.7. The molecule has 1 amide bonds. The number of thiocarbonyl (C=S) groups is 1. The summed E-state index contributed by atoms with van der Waals surface area (Å²) in [6.45, 7) is 0.481. The summed E-state index contributed by atoms with van der Waals surface area (Å²) in [5, 5.41) is 0. The monoisotopic (exact) mass is 503 g/mol. The molecule has 0 bridgehead atoms. The van der Waals surface area contributed by atoms with Crippen LogP contribution in [0.5, 0.6) is 0 Å². The van der Waals surface area contributed by atoms with Crippen LogP contribution in [0.2, 0.25) is 0 Å². The molecule has 1 fully saturated rings. The highest BCUT2D eigenvalue weighted by atomic mass is 127. The number of benzene rings is 2. The van der Waals surface area contributed by atoms with Gasteiger partial charge in [-0.2, -0.15) is 0 Å². The number of rotatable bonds is 4. The van der Waals surface area contributed by atoms with Gasteiger partial charge in [-0.05, 0) is 52.4 Å². The second-order valence-electron chi connectivity index (χ2n) is 5.96. The Bertz CT molecular complexity index is 1030. The molecule has 0 aliphatic carbocycles. The van der Waals surface area contributed by atoms with Gasteiger partial charge in [-0.1, -0.05) is 66.4 Å². The molecule has 0 saturated carbocycles. The van der Waals surface area contributed by atoms with Crippen molar-refractivity contribution in [1.29, 1.82) is 0 Å². The predicted molar refractivity (Wildman–Crippen MR) is 122 cm³/mol. The van der Waals surface area contributed by atoms with Crippen molar-refractivity contribution in [3.05, 3.63) is 86.5 Å². The van der Waals surface area contributed by atoms with Gasteiger partial charge in [0.25, 0.3) is 5.91 Å². The number of nitrogens with zero attached hydrogens (tertiary/aromatic N) is 1. The highest BCUT2D eigenvalue weighted by Crippen LogP contribution is 2.34. The zero-order valence-corrected chi connectivity index (χ0v) is 17.9. The Balaban J connectivity index is 1.53. The van der Waals surface area contributed by atoms with Gasteiger partial charge >= 0.3 is 0 Å². The molecule has 1 aliphatic heterocycles. The fourth-order valence-electron chi connectivity index (χ4n) is 2.73. The van der Waals surface area contributed by atoms with Crippen molar-refractivity contribution in [3.8, 4) is 11.3 Å². The van der Waals surface area contributed by atoms with Crippen LogP contribution in [0.25, 0.3) is 17.4 Å². The fourth-order valence-corrected chi connectivity index (χ4v) is 4.33. The molecule has 1 saturated heterocycles. The van der Waals surface area contributed by atoms with E-state index in [0.29, 0.717) is 21.5 Å². The van der Waals surface area contributed by atoms with Gasteiger partial charge in [0.05, 0.1) is 11.4 Å². The number of hydrogen-bond donors (Lipinski definition) is 0. The van der Waals surface area contributed by atoms with Crippen LogP contribution in [0, 0.1) is 3.57 Å². The molecule has 0 radical (unpaired) electrons. The van der Waals surface area contributed by atoms with Gasteiger partial charge in [0.15, 0.2) is 0 Å². The van der Waals surface area contributed by atoms with Gasteiger partial charge in [0.2, 0.25) is 0 Å². The lowest BCUT2D eigenvalue weighted by Gasteiger charge is -2.14. The van der Waals surface area contributed by atoms with E-state index in [-0.39, 0.29) is 5.91 Å². The molecule has 0 N–H and O–H groups in total. The number of amides is 1. The highest BCUT2D eigenvalue weighted by Gasteiger charge is 2.32. The summed E-state index contributed by atoms with van der Waals surface area (Å²) in [5.74, 6) is 1.34. The van der Waals surface area contributed by atoms with Crippen LogP contribution in [0.1, 0.15) is 11.3 Å². The topological polar surface area (TPSA) is 33.5 Å². The standard InChI is InChI=1S/C21H14INO2S2/c22-16-8-6-15(7-9-16)18-11-10-17(25-18)12-19-20(24)23(21(26)27-19)13-14-4-2-1-3-5-14/h1-12H,13H2. The van der Waals surface area contributed by atoms with Crippen molar-refractivity contribution in [3.63, 3.8) is 0 Å². The van der Waals surface area contributed by atoms with Crippen LogP contribution in [0.15, 0.2) is 76.1 Å². The smallest absolute Gasteiger partial charge is 0.266 e. The third-order valence-corrected chi connectivity index (χ3v) is 6.18. The summed E-state index contributed by atoms with van der Waals surface area (Å²) in [5.41, 5.74) is 2.06. The maximum atomic E-state index is 12.7. The lowest BCUT2D eigenvalue weighted by molar-refractivity contribution is -0.122. The zero-order valence-electron chi connectivity index (χ0n) is 14.1. The largest absolute Gasteiger partial charge is 0.457 e. The zero-order chi connectivity index (χ0) is 18.8. The van der Waals surface area contributed by atoms with Crippen molar-refractivity contribution in [2.24, 2.45) is 0 Å². The average molecular weight is 503 g/mol. The van der Waals surface area contributed by atoms with Crippen LogP contribution in [0.3, 0.4) is 0 Å². The Kier molecular flexibility index (Phi) is 5.47. The first-order valence-electron chi connectivity index (χ1n) is 8.25. The van der Waals surface area contributed by atoms with Crippen LogP contribution in [-0.2, 0) is 11.3 Å². The Hall–Kier alpha value is -1.90. The summed E-state index contributed by atoms with van der Waals surface area (Å²) in [6, 6.07) is 21.7. The van der Waals surface area contributed by atoms with Crippen molar-refractivity contribution < 1.29 is 9.21 Å². The second-order valence-corrected chi connectivity index (χ2v) is 8.88. The Labute approximate surface area is 180 Å². The van der Waals surface area contributed by atoms with E-state index in [1.165, 1.54) is 15.3 Å². The molecule has 2 heterocycles. The molecule has 0 atom stereocenters. The molecule has 6 heteroatoms. The third kappa shape index (κ3) is 4.17. The molecule has 3 nitrogen and oxygen atoms in total. The van der Waals surface area contributed by atoms with Crippen molar-refractivity contribution in [2.45, 2.75) is 6.54 Å². The second kappa shape index (κ2) is 8.00. The lowest BCUT2D eigenvalue weighted by Crippen LogP contribution is -2.27. The van der Waals surface area contributed by atoms with E-state index in [2.05, 4.69) is 22.6 Å². The number of carbonyl (C=O) groups is 1. The molecular weight excluding hydrogens is 489 g/mol. The summed E-state index contributed by atoms with van der Waals surface area (Å²) in [4.78, 5) is 15.0. The van der Waals surface area contributed by atoms with E-state index >= 15 is 0 Å². The summed E-state index contributed by atoms with van der Waals surface area (Å²) >= 11 is 8.98. The molecule has 1 aromatic heterocycles. The number of halogens is 1. The molecule has 2 aromatic carbocycles. The van der Waals surface area contributed by atoms with E-state index in [0.717, 1.165) is 16.9 Å². The van der Waals surface area contributed by atoms with Gasteiger partial charge in [-0.3, -0.25) is 9.69 Å². The minimum absolute atomic E-state index is 0.0823. The van der Waals surface area contributed by atoms with Crippen molar-refractivity contribution >= 4 is 62.9 Å². The van der Waals surface area contributed by atoms with Gasteiger partial charge in [-0.25, -0.2) is 0 Å². The average Bonchev–Trinajstić information content (AvgIpc) is 3.24. The molecule has 0 spiro atoms. The molecule has 1 aliphatic rings. The summed E-state index contributed by atoms with van der Waals surface area (Å²) < 4.78 is 7.64. The number of thioether (sulfide) groups is 1. The molecule has 0 unspecified atom stereocenters. The summed E-state index contributed by atoms with van der Waals surface area (Å²) in [7, 11) is 0. The summed E-state index contributed by atoms with van der Waals surface area (Å²) in [6.07, 6.45) is 1.76. The normalized spacial score (nSPS) is 15.7. The van der Waals surface area contributed by atoms with Crippen LogP contribution in [0.4, 0.5) is 0 Å². The maximum Gasteiger partial charge on any atom is 0.266 e. The third-order valence-electron chi connectivity index (χ3n) is 4.09. The Morgan fingerprint density at radius 3 is 2.52 bits per heavy atom. The van der Waals surface area contributed by atoms with Crippen LogP contribution >= 0.6 is 46.6 Å². The minimum Gasteiger partial charge on any atom is -0.457 e. The molecule has 134 valence electrons. The Morgan fingerprint density at radius 1 is 1.04 bits per heavy atom. The van der Waals surface area contributed by atoms with Gasteiger partial charge < -0.3 is 4.42 Å². The van der Waals surface area contributed by atoms with Crippen LogP contribution in [-0.4, -0.2) is 15.1 Å². The van der Waals surface area contributed by atoms with Crippen molar-refractivity contribution in [2.75, 3.05) is 0 Å². The SMILES string of the molecule is O=C1C(=Cc2ccc(-c3ccc(I)cc3)o2)SC(=S)N1Cc1ccccc1. The van der Waals surface area contributed by atoms with E-state index in [1.807, 2.05) is 66.7 Å². The van der Waals surface area contributed by atoms with Gasteiger partial charge in [0.1, 0.15) is 15.8 Å². The van der Waals surface area contributed by atoms with E-state index < -0.39 is 0 Å². The quantitative estimate of drug-likeness (QED) is 0.250. The molecule has 27 heavy (non-hydrogen) atoms. The van der Waals surface area contributed by atoms with Crippen molar-refractivity contribution in [1.82, 2.24) is 4.90 Å². The highest BCUT2D eigenvalue weighted by molar-refractivity contribution is 14.1. The number of furan rings is 1. The fraction of sp³-hybridized carbons (Fsp3) is 0.0476. The van der Waals surface area contributed by atoms with Gasteiger partial charge in [-0.15, -0.1) is 0 Å². The first-order valence-corrected chi connectivity index (χ1v) is 10.6. The first-order chi connectivity index (χ1) is 13.1. The van der Waals surface area contributed by atoms with E-state index in [9.17, 15) is 4.79 Å². The number of carbonyl (C=O) groups excluding carboxylic acids is 1. The van der Waals surface area contributed by atoms with E-state index in [4.69, 9.17) is 16.6 Å². The molecule has 4 rings (SSSR count). The predicted octanol–water partition coefficient (Wildman–Crippen LogP) is 5.95. The van der Waals surface area contributed by atoms with Gasteiger partial charge in [0, 0.05) is 15.2 Å². The number of hydrogen-bond acceptors (Lipinski definition) is 4. The van der Waals surface area contributed by atoms with E-state index in [1.54, 1.807) is 11.0 Å².